The Morgan fingerprint density at radius 2 is 2.10 bits per heavy atom. The maximum absolute atomic E-state index is 13.9. The molecule has 1 fully saturated rings. The summed E-state index contributed by atoms with van der Waals surface area (Å²) < 4.78 is 24.5. The minimum Gasteiger partial charge on any atom is -0.507 e. The predicted molar refractivity (Wildman–Crippen MR) is 104 cm³/mol. The van der Waals surface area contributed by atoms with E-state index in [9.17, 15) is 19.1 Å². The summed E-state index contributed by atoms with van der Waals surface area (Å²) >= 11 is 0. The maximum Gasteiger partial charge on any atom is 0.296 e. The molecule has 30 heavy (non-hydrogen) atoms. The Morgan fingerprint density at radius 3 is 2.77 bits per heavy atom. The number of furan rings is 1. The van der Waals surface area contributed by atoms with Gasteiger partial charge in [-0.3, -0.25) is 14.6 Å². The topological polar surface area (TPSA) is 92.9 Å². The maximum atomic E-state index is 13.9. The minimum atomic E-state index is -0.992. The van der Waals surface area contributed by atoms with E-state index in [2.05, 4.69) is 4.98 Å². The molecule has 0 bridgehead atoms. The van der Waals surface area contributed by atoms with Crippen molar-refractivity contribution in [1.82, 2.24) is 9.88 Å². The van der Waals surface area contributed by atoms with Gasteiger partial charge in [0.25, 0.3) is 11.7 Å². The lowest BCUT2D eigenvalue weighted by Gasteiger charge is -2.23. The highest BCUT2D eigenvalue weighted by Crippen LogP contribution is 2.41. The molecule has 7 nitrogen and oxygen atoms in total. The lowest BCUT2D eigenvalue weighted by molar-refractivity contribution is -0.140. The number of aliphatic hydroxyl groups excluding tert-OH is 1. The largest absolute Gasteiger partial charge is 0.507 e. The van der Waals surface area contributed by atoms with Crippen molar-refractivity contribution in [1.29, 1.82) is 0 Å². The number of amides is 1. The van der Waals surface area contributed by atoms with Gasteiger partial charge in [0, 0.05) is 18.9 Å². The molecule has 3 heterocycles. The van der Waals surface area contributed by atoms with Crippen LogP contribution < -0.4 is 4.74 Å². The number of hydrogen-bond donors (Lipinski definition) is 1. The molecule has 1 atom stereocenters. The highest BCUT2D eigenvalue weighted by atomic mass is 19.1. The number of rotatable bonds is 5. The van der Waals surface area contributed by atoms with E-state index in [4.69, 9.17) is 9.15 Å². The van der Waals surface area contributed by atoms with Crippen molar-refractivity contribution in [3.8, 4) is 5.75 Å². The van der Waals surface area contributed by atoms with Crippen LogP contribution in [-0.4, -0.2) is 33.8 Å². The standard InChI is InChI=1S/C22H17FN2O5/c1-29-16-7-6-14(23)10-15(16)20(26)18-19(17-5-3-9-30-17)25(22(28)21(18)27)12-13-4-2-8-24-11-13/h2-11,19,26H,12H2,1H3/b20-18+. The van der Waals surface area contributed by atoms with Crippen LogP contribution in [0, 0.1) is 5.82 Å². The van der Waals surface area contributed by atoms with Gasteiger partial charge in [-0.15, -0.1) is 0 Å². The number of aliphatic hydroxyl groups is 1. The molecule has 0 aliphatic carbocycles. The normalized spacial score (nSPS) is 18.1. The van der Waals surface area contributed by atoms with Crippen LogP contribution in [0.2, 0.25) is 0 Å². The molecular weight excluding hydrogens is 391 g/mol. The Labute approximate surface area is 171 Å². The van der Waals surface area contributed by atoms with E-state index in [0.29, 0.717) is 5.56 Å². The third kappa shape index (κ3) is 3.32. The van der Waals surface area contributed by atoms with Crippen LogP contribution in [0.4, 0.5) is 4.39 Å². The zero-order valence-electron chi connectivity index (χ0n) is 15.9. The molecule has 2 aromatic heterocycles. The average molecular weight is 408 g/mol. The number of ether oxygens (including phenoxy) is 1. The highest BCUT2D eigenvalue weighted by molar-refractivity contribution is 6.46. The summed E-state index contributed by atoms with van der Waals surface area (Å²) in [4.78, 5) is 31.1. The number of pyridine rings is 1. The van der Waals surface area contributed by atoms with E-state index in [1.165, 1.54) is 30.4 Å². The molecule has 1 aliphatic heterocycles. The van der Waals surface area contributed by atoms with E-state index >= 15 is 0 Å². The van der Waals surface area contributed by atoms with Gasteiger partial charge in [-0.05, 0) is 42.0 Å². The summed E-state index contributed by atoms with van der Waals surface area (Å²) in [6.07, 6.45) is 4.58. The van der Waals surface area contributed by atoms with Crippen LogP contribution >= 0.6 is 0 Å². The van der Waals surface area contributed by atoms with Crippen molar-refractivity contribution in [2.75, 3.05) is 7.11 Å². The Balaban J connectivity index is 1.88. The van der Waals surface area contributed by atoms with Gasteiger partial charge in [-0.25, -0.2) is 4.39 Å². The molecule has 1 N–H and O–H groups in total. The van der Waals surface area contributed by atoms with Gasteiger partial charge < -0.3 is 19.2 Å². The molecule has 0 radical (unpaired) electrons. The lowest BCUT2D eigenvalue weighted by atomic mass is 9.98. The number of halogens is 1. The van der Waals surface area contributed by atoms with Gasteiger partial charge in [0.05, 0.1) is 24.5 Å². The second-order valence-electron chi connectivity index (χ2n) is 6.65. The van der Waals surface area contributed by atoms with Gasteiger partial charge in [0.2, 0.25) is 0 Å². The van der Waals surface area contributed by atoms with Crippen LogP contribution in [0.1, 0.15) is 22.9 Å². The highest BCUT2D eigenvalue weighted by Gasteiger charge is 2.47. The molecule has 1 saturated heterocycles. The summed E-state index contributed by atoms with van der Waals surface area (Å²) in [6, 6.07) is 9.24. The van der Waals surface area contributed by atoms with Crippen molar-refractivity contribution in [3.05, 3.63) is 89.4 Å². The number of ketones is 1. The van der Waals surface area contributed by atoms with Crippen LogP contribution in [0.25, 0.3) is 5.76 Å². The van der Waals surface area contributed by atoms with Gasteiger partial charge in [0.1, 0.15) is 29.1 Å². The summed E-state index contributed by atoms with van der Waals surface area (Å²) in [5.41, 5.74) is 0.454. The first kappa shape index (κ1) is 19.4. The van der Waals surface area contributed by atoms with E-state index in [0.717, 1.165) is 6.07 Å². The molecule has 0 saturated carbocycles. The van der Waals surface area contributed by atoms with Crippen molar-refractivity contribution < 1.29 is 28.2 Å². The fourth-order valence-corrected chi connectivity index (χ4v) is 3.48. The van der Waals surface area contributed by atoms with Gasteiger partial charge in [0.15, 0.2) is 0 Å². The van der Waals surface area contributed by atoms with E-state index in [-0.39, 0.29) is 29.2 Å². The molecule has 1 unspecified atom stereocenters. The zero-order chi connectivity index (χ0) is 21.3. The Kier molecular flexibility index (Phi) is 5.05. The van der Waals surface area contributed by atoms with Gasteiger partial charge in [-0.2, -0.15) is 0 Å². The third-order valence-corrected chi connectivity index (χ3v) is 4.84. The van der Waals surface area contributed by atoms with Crippen molar-refractivity contribution in [2.24, 2.45) is 0 Å². The summed E-state index contributed by atoms with van der Waals surface area (Å²) in [7, 11) is 1.36. The Morgan fingerprint density at radius 1 is 1.27 bits per heavy atom. The second kappa shape index (κ2) is 7.82. The molecule has 152 valence electrons. The number of carbonyl (C=O) groups excluding carboxylic acids is 2. The fourth-order valence-electron chi connectivity index (χ4n) is 3.48. The second-order valence-corrected chi connectivity index (χ2v) is 6.65. The fraction of sp³-hybridized carbons (Fsp3) is 0.136. The van der Waals surface area contributed by atoms with Crippen molar-refractivity contribution in [2.45, 2.75) is 12.6 Å². The summed E-state index contributed by atoms with van der Waals surface area (Å²) in [6.45, 7) is 0.0703. The molecule has 4 rings (SSSR count). The van der Waals surface area contributed by atoms with Gasteiger partial charge in [-0.1, -0.05) is 6.07 Å². The third-order valence-electron chi connectivity index (χ3n) is 4.84. The minimum absolute atomic E-state index is 0.0339. The quantitative estimate of drug-likeness (QED) is 0.395. The molecule has 1 amide bonds. The molecule has 0 spiro atoms. The molecular formula is C22H17FN2O5. The number of carbonyl (C=O) groups is 2. The van der Waals surface area contributed by atoms with Gasteiger partial charge >= 0.3 is 0 Å². The molecule has 3 aromatic rings. The average Bonchev–Trinajstić information content (AvgIpc) is 3.37. The summed E-state index contributed by atoms with van der Waals surface area (Å²) in [5, 5.41) is 11.0. The monoisotopic (exact) mass is 408 g/mol. The number of methoxy groups -OCH3 is 1. The van der Waals surface area contributed by atoms with Crippen LogP contribution in [0.5, 0.6) is 5.75 Å². The van der Waals surface area contributed by atoms with Crippen molar-refractivity contribution >= 4 is 17.4 Å². The zero-order valence-corrected chi connectivity index (χ0v) is 15.9. The number of Topliss-reactive ketones (excluding diaryl/α,β-unsaturated/α-hetero) is 1. The SMILES string of the molecule is COc1ccc(F)cc1/C(O)=C1\C(=O)C(=O)N(Cc2cccnc2)C1c1ccco1. The number of aromatic nitrogens is 1. The van der Waals surface area contributed by atoms with E-state index in [1.807, 2.05) is 0 Å². The number of hydrogen-bond acceptors (Lipinski definition) is 6. The van der Waals surface area contributed by atoms with Crippen LogP contribution in [0.15, 0.2) is 71.1 Å². The molecule has 1 aliphatic rings. The van der Waals surface area contributed by atoms with Crippen molar-refractivity contribution in [3.63, 3.8) is 0 Å². The molecule has 8 heteroatoms. The number of nitrogens with zero attached hydrogens (tertiary/aromatic N) is 2. The van der Waals surface area contributed by atoms with Crippen LogP contribution in [-0.2, 0) is 16.1 Å². The Bertz CT molecular complexity index is 1130. The van der Waals surface area contributed by atoms with Crippen LogP contribution in [0.3, 0.4) is 0 Å². The first-order chi connectivity index (χ1) is 14.5. The number of likely N-dealkylation sites (tertiary alicyclic amines) is 1. The Hall–Kier alpha value is -3.94. The summed E-state index contributed by atoms with van der Waals surface area (Å²) in [5.74, 6) is -2.43. The van der Waals surface area contributed by atoms with E-state index in [1.54, 1.807) is 36.7 Å². The first-order valence-corrected chi connectivity index (χ1v) is 9.06. The molecule has 1 aromatic carbocycles. The smallest absolute Gasteiger partial charge is 0.296 e. The lowest BCUT2D eigenvalue weighted by Crippen LogP contribution is -2.29. The van der Waals surface area contributed by atoms with E-state index < -0.39 is 29.3 Å². The first-order valence-electron chi connectivity index (χ1n) is 9.06. The number of benzene rings is 1. The predicted octanol–water partition coefficient (Wildman–Crippen LogP) is 3.44.